The van der Waals surface area contributed by atoms with Crippen LogP contribution in [0.4, 0.5) is 11.8 Å². The third kappa shape index (κ3) is 2.45. The summed E-state index contributed by atoms with van der Waals surface area (Å²) in [6.45, 7) is 3.91. The molecule has 0 spiro atoms. The van der Waals surface area contributed by atoms with Gasteiger partial charge in [-0.25, -0.2) is 10.8 Å². The minimum Gasteiger partial charge on any atom is -0.394 e. The van der Waals surface area contributed by atoms with Gasteiger partial charge in [-0.05, 0) is 26.0 Å². The van der Waals surface area contributed by atoms with Gasteiger partial charge in [0.2, 0.25) is 5.95 Å². The molecular weight excluding hydrogens is 242 g/mol. The van der Waals surface area contributed by atoms with Gasteiger partial charge in [0.1, 0.15) is 5.82 Å². The summed E-state index contributed by atoms with van der Waals surface area (Å²) in [7, 11) is 1.89. The Labute approximate surface area is 112 Å². The molecule has 0 bridgehead atoms. The number of nitrogens with zero attached hydrogens (tertiary/aromatic N) is 3. The van der Waals surface area contributed by atoms with Gasteiger partial charge in [-0.1, -0.05) is 12.1 Å². The van der Waals surface area contributed by atoms with E-state index in [1.807, 2.05) is 50.1 Å². The molecule has 0 aliphatic heterocycles. The fourth-order valence-electron chi connectivity index (χ4n) is 1.77. The number of nitrogen functional groups attached to an aromatic ring is 1. The highest BCUT2D eigenvalue weighted by Gasteiger charge is 2.25. The molecule has 0 atom stereocenters. The number of hydrazine groups is 1. The molecule has 4 N–H and O–H groups in total. The van der Waals surface area contributed by atoms with Crippen LogP contribution in [-0.2, 0) is 0 Å². The Hall–Kier alpha value is -1.92. The molecule has 1 aromatic heterocycles. The molecule has 19 heavy (non-hydrogen) atoms. The van der Waals surface area contributed by atoms with Gasteiger partial charge in [-0.2, -0.15) is 4.98 Å². The molecule has 0 saturated heterocycles. The van der Waals surface area contributed by atoms with Crippen molar-refractivity contribution >= 4 is 22.7 Å². The van der Waals surface area contributed by atoms with Crippen LogP contribution in [-0.4, -0.2) is 34.3 Å². The summed E-state index contributed by atoms with van der Waals surface area (Å²) >= 11 is 0. The molecule has 0 radical (unpaired) electrons. The van der Waals surface area contributed by atoms with E-state index in [4.69, 9.17) is 5.84 Å². The average Bonchev–Trinajstić information content (AvgIpc) is 2.45. The van der Waals surface area contributed by atoms with Gasteiger partial charge in [-0.3, -0.25) is 5.43 Å². The van der Waals surface area contributed by atoms with E-state index in [0.29, 0.717) is 5.95 Å². The maximum atomic E-state index is 9.50. The predicted octanol–water partition coefficient (Wildman–Crippen LogP) is 1.12. The van der Waals surface area contributed by atoms with E-state index in [2.05, 4.69) is 15.4 Å². The lowest BCUT2D eigenvalue weighted by Crippen LogP contribution is -2.45. The molecule has 6 nitrogen and oxygen atoms in total. The molecule has 0 aliphatic rings. The van der Waals surface area contributed by atoms with Gasteiger partial charge < -0.3 is 10.0 Å². The first kappa shape index (κ1) is 13.5. The number of nitrogens with two attached hydrogens (primary N) is 1. The standard InChI is InChI=1S/C13H19N5O/c1-13(2,8-19)18(3)11-9-6-4-5-7-10(9)15-12(16-11)17-14/h4-7,19H,8,14H2,1-3H3,(H,15,16,17). The van der Waals surface area contributed by atoms with Crippen molar-refractivity contribution in [2.75, 3.05) is 24.0 Å². The van der Waals surface area contributed by atoms with Crippen molar-refractivity contribution in [2.24, 2.45) is 5.84 Å². The number of rotatable bonds is 4. The molecule has 0 unspecified atom stereocenters. The highest BCUT2D eigenvalue weighted by atomic mass is 16.3. The van der Waals surface area contributed by atoms with Gasteiger partial charge >= 0.3 is 0 Å². The molecular formula is C13H19N5O. The maximum absolute atomic E-state index is 9.50. The first-order valence-corrected chi connectivity index (χ1v) is 6.07. The zero-order chi connectivity index (χ0) is 14.0. The number of para-hydroxylation sites is 1. The third-order valence-corrected chi connectivity index (χ3v) is 3.32. The van der Waals surface area contributed by atoms with Crippen molar-refractivity contribution in [1.29, 1.82) is 0 Å². The van der Waals surface area contributed by atoms with Crippen LogP contribution in [0, 0.1) is 0 Å². The highest BCUT2D eigenvalue weighted by molar-refractivity contribution is 5.90. The topological polar surface area (TPSA) is 87.3 Å². The van der Waals surface area contributed by atoms with Gasteiger partial charge in [0, 0.05) is 12.4 Å². The fourth-order valence-corrected chi connectivity index (χ4v) is 1.77. The average molecular weight is 261 g/mol. The minimum absolute atomic E-state index is 0.0210. The van der Waals surface area contributed by atoms with E-state index in [-0.39, 0.29) is 6.61 Å². The summed E-state index contributed by atoms with van der Waals surface area (Å²) < 4.78 is 0. The quantitative estimate of drug-likeness (QED) is 0.565. The molecule has 1 heterocycles. The Balaban J connectivity index is 2.64. The third-order valence-electron chi connectivity index (χ3n) is 3.32. The van der Waals surface area contributed by atoms with Crippen LogP contribution in [0.1, 0.15) is 13.8 Å². The Morgan fingerprint density at radius 2 is 2.00 bits per heavy atom. The fraction of sp³-hybridized carbons (Fsp3) is 0.385. The van der Waals surface area contributed by atoms with Gasteiger partial charge in [0.05, 0.1) is 17.7 Å². The molecule has 102 valence electrons. The first-order chi connectivity index (χ1) is 8.99. The van der Waals surface area contributed by atoms with Crippen molar-refractivity contribution in [2.45, 2.75) is 19.4 Å². The Bertz CT molecular complexity index is 584. The molecule has 2 aromatic rings. The number of aliphatic hydroxyl groups excluding tert-OH is 1. The summed E-state index contributed by atoms with van der Waals surface area (Å²) in [5, 5.41) is 10.4. The van der Waals surface area contributed by atoms with Crippen LogP contribution < -0.4 is 16.2 Å². The van der Waals surface area contributed by atoms with Crippen molar-refractivity contribution < 1.29 is 5.11 Å². The normalized spacial score (nSPS) is 11.6. The molecule has 0 fully saturated rings. The van der Waals surface area contributed by atoms with E-state index in [0.717, 1.165) is 16.7 Å². The van der Waals surface area contributed by atoms with Crippen LogP contribution in [0.15, 0.2) is 24.3 Å². The Kier molecular flexibility index (Phi) is 3.55. The van der Waals surface area contributed by atoms with Crippen molar-refractivity contribution in [3.63, 3.8) is 0 Å². The molecule has 0 saturated carbocycles. The Morgan fingerprint density at radius 3 is 2.63 bits per heavy atom. The minimum atomic E-state index is -0.428. The number of fused-ring (bicyclic) bond motifs is 1. The monoisotopic (exact) mass is 261 g/mol. The van der Waals surface area contributed by atoms with E-state index < -0.39 is 5.54 Å². The zero-order valence-corrected chi connectivity index (χ0v) is 11.4. The number of hydrogen-bond acceptors (Lipinski definition) is 6. The molecule has 2 rings (SSSR count). The van der Waals surface area contributed by atoms with Crippen molar-refractivity contribution in [3.05, 3.63) is 24.3 Å². The van der Waals surface area contributed by atoms with Crippen LogP contribution in [0.2, 0.25) is 0 Å². The van der Waals surface area contributed by atoms with Gasteiger partial charge in [0.15, 0.2) is 0 Å². The van der Waals surface area contributed by atoms with Crippen LogP contribution >= 0.6 is 0 Å². The van der Waals surface area contributed by atoms with Crippen molar-refractivity contribution in [1.82, 2.24) is 9.97 Å². The lowest BCUT2D eigenvalue weighted by Gasteiger charge is -2.35. The molecule has 1 aromatic carbocycles. The summed E-state index contributed by atoms with van der Waals surface area (Å²) in [5.41, 5.74) is 2.85. The van der Waals surface area contributed by atoms with Gasteiger partial charge in [-0.15, -0.1) is 0 Å². The number of likely N-dealkylation sites (N-methyl/N-ethyl adjacent to an activating group) is 1. The number of benzene rings is 1. The van der Waals surface area contributed by atoms with Crippen LogP contribution in [0.3, 0.4) is 0 Å². The molecule has 6 heteroatoms. The summed E-state index contributed by atoms with van der Waals surface area (Å²) in [4.78, 5) is 10.6. The lowest BCUT2D eigenvalue weighted by atomic mass is 10.0. The second-order valence-corrected chi connectivity index (χ2v) is 5.06. The van der Waals surface area contributed by atoms with Gasteiger partial charge in [0.25, 0.3) is 0 Å². The summed E-state index contributed by atoms with van der Waals surface area (Å²) in [5.74, 6) is 6.50. The van der Waals surface area contributed by atoms with E-state index in [1.54, 1.807) is 0 Å². The SMILES string of the molecule is CN(c1nc(NN)nc2ccccc12)C(C)(C)CO. The van der Waals surface area contributed by atoms with E-state index in [1.165, 1.54) is 0 Å². The first-order valence-electron chi connectivity index (χ1n) is 6.07. The highest BCUT2D eigenvalue weighted by Crippen LogP contribution is 2.28. The van der Waals surface area contributed by atoms with E-state index >= 15 is 0 Å². The number of hydrogen-bond donors (Lipinski definition) is 3. The molecule has 0 aliphatic carbocycles. The smallest absolute Gasteiger partial charge is 0.239 e. The van der Waals surface area contributed by atoms with Crippen molar-refractivity contribution in [3.8, 4) is 0 Å². The predicted molar refractivity (Wildman–Crippen MR) is 76.9 cm³/mol. The number of anilines is 2. The largest absolute Gasteiger partial charge is 0.394 e. The van der Waals surface area contributed by atoms with E-state index in [9.17, 15) is 5.11 Å². The lowest BCUT2D eigenvalue weighted by molar-refractivity contribution is 0.216. The second-order valence-electron chi connectivity index (χ2n) is 5.06. The maximum Gasteiger partial charge on any atom is 0.239 e. The number of nitrogens with one attached hydrogen (secondary N) is 1. The van der Waals surface area contributed by atoms with Crippen LogP contribution in [0.25, 0.3) is 10.9 Å². The zero-order valence-electron chi connectivity index (χ0n) is 11.4. The molecule has 0 amide bonds. The second kappa shape index (κ2) is 4.99. The summed E-state index contributed by atoms with van der Waals surface area (Å²) in [6.07, 6.45) is 0. The van der Waals surface area contributed by atoms with Crippen LogP contribution in [0.5, 0.6) is 0 Å². The Morgan fingerprint density at radius 1 is 1.32 bits per heavy atom. The summed E-state index contributed by atoms with van der Waals surface area (Å²) in [6, 6.07) is 7.71. The number of aliphatic hydroxyl groups is 1. The number of aromatic nitrogens is 2.